The predicted octanol–water partition coefficient (Wildman–Crippen LogP) is 3.46. The zero-order valence-corrected chi connectivity index (χ0v) is 11.1. The molecule has 1 saturated heterocycles. The molecule has 3 rings (SSSR count). The second-order valence-electron chi connectivity index (χ2n) is 6.51. The van der Waals surface area contributed by atoms with Crippen molar-refractivity contribution >= 4 is 5.97 Å². The molecule has 0 aromatic heterocycles. The van der Waals surface area contributed by atoms with Gasteiger partial charge in [-0.25, -0.2) is 0 Å². The van der Waals surface area contributed by atoms with Crippen LogP contribution in [-0.4, -0.2) is 12.1 Å². The molecule has 0 bridgehead atoms. The van der Waals surface area contributed by atoms with E-state index in [4.69, 9.17) is 4.74 Å². The number of carbonyl (C=O) groups is 1. The molecule has 4 atom stereocenters. The Morgan fingerprint density at radius 2 is 2.18 bits per heavy atom. The Labute approximate surface area is 103 Å². The summed E-state index contributed by atoms with van der Waals surface area (Å²) in [6.45, 7) is 6.70. The summed E-state index contributed by atoms with van der Waals surface area (Å²) in [6.07, 6.45) is 6.17. The highest BCUT2D eigenvalue weighted by Gasteiger charge is 2.51. The third-order valence-corrected chi connectivity index (χ3v) is 5.37. The molecule has 0 N–H and O–H groups in total. The summed E-state index contributed by atoms with van der Waals surface area (Å²) < 4.78 is 5.57. The topological polar surface area (TPSA) is 26.3 Å². The van der Waals surface area contributed by atoms with E-state index < -0.39 is 0 Å². The van der Waals surface area contributed by atoms with Gasteiger partial charge in [-0.2, -0.15) is 0 Å². The van der Waals surface area contributed by atoms with Gasteiger partial charge in [0, 0.05) is 5.92 Å². The normalized spacial score (nSPS) is 45.4. The van der Waals surface area contributed by atoms with Gasteiger partial charge in [0.15, 0.2) is 0 Å². The van der Waals surface area contributed by atoms with Crippen molar-refractivity contribution in [3.05, 3.63) is 11.1 Å². The van der Waals surface area contributed by atoms with E-state index in [0.717, 1.165) is 12.8 Å². The molecular formula is C15H22O2. The standard InChI is InChI=1S/C15H22O2/c1-9-5-4-6-15(3)8-13-11(7-12(9)15)10(2)14(16)17-13/h10-11,13H,4-8H2,1-3H3/t10-,11+,13+,15+/m0/s1. The number of hydrogen-bond acceptors (Lipinski definition) is 2. The van der Waals surface area contributed by atoms with E-state index in [2.05, 4.69) is 13.8 Å². The van der Waals surface area contributed by atoms with Crippen molar-refractivity contribution in [2.75, 3.05) is 0 Å². The van der Waals surface area contributed by atoms with E-state index in [1.54, 1.807) is 11.1 Å². The minimum absolute atomic E-state index is 0.0282. The Kier molecular flexibility index (Phi) is 2.39. The van der Waals surface area contributed by atoms with Gasteiger partial charge in [-0.15, -0.1) is 0 Å². The Morgan fingerprint density at radius 1 is 1.41 bits per heavy atom. The summed E-state index contributed by atoms with van der Waals surface area (Å²) in [7, 11) is 0. The highest BCUT2D eigenvalue weighted by molar-refractivity contribution is 5.75. The van der Waals surface area contributed by atoms with Gasteiger partial charge in [0.2, 0.25) is 0 Å². The van der Waals surface area contributed by atoms with Crippen LogP contribution < -0.4 is 0 Å². The summed E-state index contributed by atoms with van der Waals surface area (Å²) in [5.74, 6) is 0.575. The SMILES string of the molecule is CC1=C2C[C@@H]3[C@H](C)C(=O)O[C@@H]3C[C@@]2(C)CCC1. The maximum atomic E-state index is 11.7. The Morgan fingerprint density at radius 3 is 2.94 bits per heavy atom. The smallest absolute Gasteiger partial charge is 0.309 e. The van der Waals surface area contributed by atoms with Gasteiger partial charge in [0.25, 0.3) is 0 Å². The average molecular weight is 234 g/mol. The highest BCUT2D eigenvalue weighted by Crippen LogP contribution is 2.54. The van der Waals surface area contributed by atoms with E-state index in [-0.39, 0.29) is 18.0 Å². The van der Waals surface area contributed by atoms with Crippen LogP contribution in [0.5, 0.6) is 0 Å². The maximum Gasteiger partial charge on any atom is 0.309 e. The number of allylic oxidation sites excluding steroid dienone is 2. The monoisotopic (exact) mass is 234 g/mol. The van der Waals surface area contributed by atoms with Crippen molar-refractivity contribution in [3.63, 3.8) is 0 Å². The number of hydrogen-bond donors (Lipinski definition) is 0. The molecule has 17 heavy (non-hydrogen) atoms. The first-order valence-electron chi connectivity index (χ1n) is 6.91. The highest BCUT2D eigenvalue weighted by atomic mass is 16.6. The maximum absolute atomic E-state index is 11.7. The lowest BCUT2D eigenvalue weighted by Gasteiger charge is -2.45. The fourth-order valence-corrected chi connectivity index (χ4v) is 4.23. The van der Waals surface area contributed by atoms with E-state index in [0.29, 0.717) is 11.3 Å². The second-order valence-corrected chi connectivity index (χ2v) is 6.51. The van der Waals surface area contributed by atoms with Gasteiger partial charge in [-0.05, 0) is 44.4 Å². The van der Waals surface area contributed by atoms with Gasteiger partial charge < -0.3 is 4.74 Å². The quantitative estimate of drug-likeness (QED) is 0.474. The lowest BCUT2D eigenvalue weighted by molar-refractivity contribution is -0.144. The van der Waals surface area contributed by atoms with Crippen LogP contribution in [0.15, 0.2) is 11.1 Å². The summed E-state index contributed by atoms with van der Waals surface area (Å²) in [6, 6.07) is 0. The second kappa shape index (κ2) is 3.60. The van der Waals surface area contributed by atoms with E-state index in [1.165, 1.54) is 19.3 Å². The Balaban J connectivity index is 1.96. The summed E-state index contributed by atoms with van der Waals surface area (Å²) >= 11 is 0. The van der Waals surface area contributed by atoms with Crippen molar-refractivity contribution in [3.8, 4) is 0 Å². The van der Waals surface area contributed by atoms with Gasteiger partial charge in [0.05, 0.1) is 5.92 Å². The lowest BCUT2D eigenvalue weighted by Crippen LogP contribution is -2.38. The number of rotatable bonds is 0. The third-order valence-electron chi connectivity index (χ3n) is 5.37. The van der Waals surface area contributed by atoms with Crippen LogP contribution >= 0.6 is 0 Å². The van der Waals surface area contributed by atoms with Gasteiger partial charge in [-0.1, -0.05) is 25.0 Å². The van der Waals surface area contributed by atoms with E-state index >= 15 is 0 Å². The van der Waals surface area contributed by atoms with Crippen molar-refractivity contribution in [1.29, 1.82) is 0 Å². The molecule has 0 radical (unpaired) electrons. The fourth-order valence-electron chi connectivity index (χ4n) is 4.23. The van der Waals surface area contributed by atoms with Crippen LogP contribution in [0, 0.1) is 17.3 Å². The first kappa shape index (κ1) is 11.3. The minimum atomic E-state index is 0.0282. The Hall–Kier alpha value is -0.790. The third kappa shape index (κ3) is 1.56. The van der Waals surface area contributed by atoms with Crippen LogP contribution in [0.3, 0.4) is 0 Å². The van der Waals surface area contributed by atoms with E-state index in [9.17, 15) is 4.79 Å². The predicted molar refractivity (Wildman–Crippen MR) is 66.4 cm³/mol. The molecule has 0 amide bonds. The van der Waals surface area contributed by atoms with Crippen molar-refractivity contribution in [2.24, 2.45) is 17.3 Å². The lowest BCUT2D eigenvalue weighted by atomic mass is 9.60. The number of ether oxygens (including phenoxy) is 1. The molecule has 94 valence electrons. The molecule has 3 aliphatic rings. The van der Waals surface area contributed by atoms with E-state index in [1.807, 2.05) is 6.92 Å². The summed E-state index contributed by atoms with van der Waals surface area (Å²) in [5.41, 5.74) is 3.55. The molecule has 1 heterocycles. The zero-order valence-electron chi connectivity index (χ0n) is 11.1. The van der Waals surface area contributed by atoms with Crippen LogP contribution in [0.25, 0.3) is 0 Å². The van der Waals surface area contributed by atoms with Gasteiger partial charge in [0.1, 0.15) is 6.10 Å². The van der Waals surface area contributed by atoms with Crippen LogP contribution in [0.2, 0.25) is 0 Å². The molecule has 2 aliphatic carbocycles. The molecule has 0 aromatic carbocycles. The molecule has 0 aromatic rings. The molecule has 0 spiro atoms. The molecule has 1 saturated carbocycles. The number of fused-ring (bicyclic) bond motifs is 2. The molecular weight excluding hydrogens is 212 g/mol. The van der Waals surface area contributed by atoms with Crippen molar-refractivity contribution < 1.29 is 9.53 Å². The molecule has 1 aliphatic heterocycles. The summed E-state index contributed by atoms with van der Waals surface area (Å²) in [5, 5.41) is 0. The first-order valence-corrected chi connectivity index (χ1v) is 6.91. The summed E-state index contributed by atoms with van der Waals surface area (Å²) in [4.78, 5) is 11.7. The van der Waals surface area contributed by atoms with Gasteiger partial charge in [-0.3, -0.25) is 4.79 Å². The average Bonchev–Trinajstić information content (AvgIpc) is 2.52. The zero-order chi connectivity index (χ0) is 12.2. The first-order chi connectivity index (χ1) is 8.01. The number of carbonyl (C=O) groups excluding carboxylic acids is 1. The fraction of sp³-hybridized carbons (Fsp3) is 0.800. The van der Waals surface area contributed by atoms with Crippen molar-refractivity contribution in [2.45, 2.75) is 59.0 Å². The van der Waals surface area contributed by atoms with Gasteiger partial charge >= 0.3 is 5.97 Å². The van der Waals surface area contributed by atoms with Crippen LogP contribution in [0.4, 0.5) is 0 Å². The van der Waals surface area contributed by atoms with Crippen LogP contribution in [-0.2, 0) is 9.53 Å². The number of esters is 1. The van der Waals surface area contributed by atoms with Crippen molar-refractivity contribution in [1.82, 2.24) is 0 Å². The largest absolute Gasteiger partial charge is 0.462 e. The van der Waals surface area contributed by atoms with Crippen LogP contribution in [0.1, 0.15) is 52.9 Å². The molecule has 2 fully saturated rings. The molecule has 2 nitrogen and oxygen atoms in total. The molecule has 0 unspecified atom stereocenters. The Bertz CT molecular complexity index is 396. The molecule has 2 heteroatoms. The minimum Gasteiger partial charge on any atom is -0.462 e.